The van der Waals surface area contributed by atoms with Crippen LogP contribution in [0.25, 0.3) is 0 Å². The summed E-state index contributed by atoms with van der Waals surface area (Å²) in [6.07, 6.45) is 5.01. The Balaban J connectivity index is 0.873. The lowest BCUT2D eigenvalue weighted by atomic mass is 9.92. The fraction of sp³-hybridized carbons (Fsp3) is 0.688. The SMILES string of the molecule is NC1CCN(S(=O)(=O)C2CCN(CC3CCN(C4CN(c5cc6c(cc5F)C(=O)N(C5CCC(=O)NC5=O)C6=O)C4)CC3)CC2)CC1. The first kappa shape index (κ1) is 32.6. The van der Waals surface area contributed by atoms with Crippen molar-refractivity contribution < 1.29 is 32.0 Å². The number of rotatable bonds is 7. The van der Waals surface area contributed by atoms with Gasteiger partial charge in [0.25, 0.3) is 11.8 Å². The Hall–Kier alpha value is -2.98. The molecule has 0 aliphatic carbocycles. The zero-order valence-corrected chi connectivity index (χ0v) is 27.4. The van der Waals surface area contributed by atoms with Gasteiger partial charge in [-0.25, -0.2) is 17.1 Å². The number of anilines is 1. The van der Waals surface area contributed by atoms with E-state index >= 15 is 4.39 Å². The minimum Gasteiger partial charge on any atom is -0.366 e. The summed E-state index contributed by atoms with van der Waals surface area (Å²) >= 11 is 0. The quantitative estimate of drug-likeness (QED) is 0.387. The summed E-state index contributed by atoms with van der Waals surface area (Å²) in [6, 6.07) is 1.81. The van der Waals surface area contributed by atoms with Gasteiger partial charge in [0.05, 0.1) is 22.1 Å². The molecule has 13 nitrogen and oxygen atoms in total. The number of imide groups is 2. The van der Waals surface area contributed by atoms with Crippen molar-refractivity contribution in [3.05, 3.63) is 29.1 Å². The molecule has 0 radical (unpaired) electrons. The largest absolute Gasteiger partial charge is 0.366 e. The molecule has 0 saturated carbocycles. The second-order valence-electron chi connectivity index (χ2n) is 14.1. The van der Waals surface area contributed by atoms with E-state index in [2.05, 4.69) is 15.1 Å². The summed E-state index contributed by atoms with van der Waals surface area (Å²) in [4.78, 5) is 57.7. The van der Waals surface area contributed by atoms with Gasteiger partial charge in [-0.3, -0.25) is 34.3 Å². The molecule has 6 aliphatic heterocycles. The van der Waals surface area contributed by atoms with Gasteiger partial charge >= 0.3 is 0 Å². The van der Waals surface area contributed by atoms with Gasteiger partial charge in [-0.05, 0) is 89.2 Å². The summed E-state index contributed by atoms with van der Waals surface area (Å²) in [5.41, 5.74) is 6.27. The molecular formula is C32H44FN7O6S. The Labute approximate surface area is 274 Å². The molecule has 0 aromatic heterocycles. The minimum atomic E-state index is -3.27. The number of hydrogen-bond acceptors (Lipinski definition) is 10. The Morgan fingerprint density at radius 2 is 1.47 bits per heavy atom. The van der Waals surface area contributed by atoms with Crippen molar-refractivity contribution in [2.24, 2.45) is 11.7 Å². The molecule has 1 atom stereocenters. The van der Waals surface area contributed by atoms with E-state index in [0.717, 1.165) is 69.4 Å². The van der Waals surface area contributed by atoms with Crippen LogP contribution in [-0.4, -0.2) is 133 Å². The molecule has 3 N–H and O–H groups in total. The van der Waals surface area contributed by atoms with E-state index in [0.29, 0.717) is 44.9 Å². The molecule has 1 aromatic carbocycles. The summed E-state index contributed by atoms with van der Waals surface area (Å²) in [7, 11) is -3.27. The van der Waals surface area contributed by atoms with E-state index in [1.54, 1.807) is 4.31 Å². The van der Waals surface area contributed by atoms with Crippen molar-refractivity contribution in [2.75, 3.05) is 63.8 Å². The van der Waals surface area contributed by atoms with Crippen LogP contribution in [0.3, 0.4) is 0 Å². The Bertz CT molecular complexity index is 1540. The monoisotopic (exact) mass is 673 g/mol. The van der Waals surface area contributed by atoms with Crippen molar-refractivity contribution in [3.63, 3.8) is 0 Å². The lowest BCUT2D eigenvalue weighted by molar-refractivity contribution is -0.136. The van der Waals surface area contributed by atoms with Gasteiger partial charge in [0.1, 0.15) is 11.9 Å². The smallest absolute Gasteiger partial charge is 0.262 e. The molecule has 15 heteroatoms. The molecule has 0 bridgehead atoms. The third-order valence-electron chi connectivity index (χ3n) is 11.2. The zero-order valence-electron chi connectivity index (χ0n) is 26.6. The van der Waals surface area contributed by atoms with E-state index in [9.17, 15) is 27.6 Å². The zero-order chi connectivity index (χ0) is 33.0. The van der Waals surface area contributed by atoms with E-state index in [1.165, 1.54) is 6.07 Å². The normalized spacial score (nSPS) is 27.0. The molecule has 47 heavy (non-hydrogen) atoms. The Morgan fingerprint density at radius 1 is 0.830 bits per heavy atom. The highest BCUT2D eigenvalue weighted by Gasteiger charge is 2.46. The third kappa shape index (κ3) is 6.20. The number of halogens is 1. The molecule has 1 aromatic rings. The van der Waals surface area contributed by atoms with Crippen molar-refractivity contribution in [1.82, 2.24) is 24.3 Å². The maximum absolute atomic E-state index is 15.2. The highest BCUT2D eigenvalue weighted by Crippen LogP contribution is 2.35. The maximum atomic E-state index is 15.2. The third-order valence-corrected chi connectivity index (χ3v) is 13.6. The van der Waals surface area contributed by atoms with Crippen LogP contribution in [0.1, 0.15) is 72.1 Å². The maximum Gasteiger partial charge on any atom is 0.262 e. The number of nitrogens with two attached hydrogens (primary N) is 1. The first-order valence-electron chi connectivity index (χ1n) is 17.0. The predicted molar refractivity (Wildman–Crippen MR) is 171 cm³/mol. The molecule has 6 heterocycles. The summed E-state index contributed by atoms with van der Waals surface area (Å²) in [6.45, 7) is 6.80. The standard InChI is InChI=1S/C32H44FN7O6S/c33-26-15-24-25(32(44)40(31(24)43)27-1-2-29(41)35-30(27)42)16-28(26)38-18-22(19-38)37-11-3-20(4-12-37)17-36-9-7-23(8-10-36)47(45,46)39-13-5-21(34)6-14-39/h15-16,20-23,27H,1-14,17-19,34H2,(H,35,41,42). The number of carbonyl (C=O) groups excluding carboxylic acids is 4. The van der Waals surface area contributed by atoms with Crippen LogP contribution >= 0.6 is 0 Å². The number of hydrogen-bond donors (Lipinski definition) is 2. The number of nitrogens with zero attached hydrogens (tertiary/aromatic N) is 5. The molecule has 1 unspecified atom stereocenters. The first-order valence-corrected chi connectivity index (χ1v) is 18.5. The van der Waals surface area contributed by atoms with Crippen LogP contribution in [-0.2, 0) is 19.6 Å². The molecule has 5 saturated heterocycles. The molecule has 0 spiro atoms. The van der Waals surface area contributed by atoms with Gasteiger partial charge in [-0.15, -0.1) is 0 Å². The lowest BCUT2D eigenvalue weighted by Gasteiger charge is -2.49. The topological polar surface area (TPSA) is 157 Å². The van der Waals surface area contributed by atoms with Crippen LogP contribution in [0.2, 0.25) is 0 Å². The summed E-state index contributed by atoms with van der Waals surface area (Å²) in [5.74, 6) is -2.52. The number of nitrogens with one attached hydrogen (secondary N) is 1. The molecule has 7 rings (SSSR count). The Kier molecular flexibility index (Phi) is 8.87. The van der Waals surface area contributed by atoms with Crippen molar-refractivity contribution >= 4 is 39.3 Å². The second kappa shape index (κ2) is 12.8. The highest BCUT2D eigenvalue weighted by atomic mass is 32.2. The van der Waals surface area contributed by atoms with E-state index in [1.807, 2.05) is 4.90 Å². The van der Waals surface area contributed by atoms with E-state index in [-0.39, 0.29) is 47.0 Å². The van der Waals surface area contributed by atoms with Crippen LogP contribution in [0.5, 0.6) is 0 Å². The molecule has 6 aliphatic rings. The number of fused-ring (bicyclic) bond motifs is 1. The van der Waals surface area contributed by atoms with Crippen molar-refractivity contribution in [2.45, 2.75) is 74.7 Å². The molecule has 4 amide bonds. The van der Waals surface area contributed by atoms with E-state index < -0.39 is 45.5 Å². The fourth-order valence-corrected chi connectivity index (χ4v) is 10.1. The van der Waals surface area contributed by atoms with Crippen LogP contribution in [0, 0.1) is 11.7 Å². The molecule has 256 valence electrons. The van der Waals surface area contributed by atoms with Gasteiger partial charge in [-0.2, -0.15) is 0 Å². The van der Waals surface area contributed by atoms with Crippen LogP contribution in [0.4, 0.5) is 10.1 Å². The number of likely N-dealkylation sites (tertiary alicyclic amines) is 2. The van der Waals surface area contributed by atoms with E-state index in [4.69, 9.17) is 5.73 Å². The Morgan fingerprint density at radius 3 is 2.11 bits per heavy atom. The highest BCUT2D eigenvalue weighted by molar-refractivity contribution is 7.89. The van der Waals surface area contributed by atoms with Crippen molar-refractivity contribution in [3.8, 4) is 0 Å². The number of amides is 4. The summed E-state index contributed by atoms with van der Waals surface area (Å²) < 4.78 is 43.2. The van der Waals surface area contributed by atoms with Crippen LogP contribution in [0.15, 0.2) is 12.1 Å². The molecule has 5 fully saturated rings. The lowest BCUT2D eigenvalue weighted by Crippen LogP contribution is -2.61. The number of sulfonamides is 1. The van der Waals surface area contributed by atoms with Crippen LogP contribution < -0.4 is 16.0 Å². The minimum absolute atomic E-state index is 0.0242. The van der Waals surface area contributed by atoms with Gasteiger partial charge in [0.2, 0.25) is 21.8 Å². The first-order chi connectivity index (χ1) is 22.5. The van der Waals surface area contributed by atoms with Gasteiger partial charge < -0.3 is 15.5 Å². The fourth-order valence-electron chi connectivity index (χ4n) is 8.20. The van der Waals surface area contributed by atoms with Crippen molar-refractivity contribution in [1.29, 1.82) is 0 Å². The second-order valence-corrected chi connectivity index (χ2v) is 16.3. The van der Waals surface area contributed by atoms with Gasteiger partial charge in [-0.1, -0.05) is 0 Å². The average Bonchev–Trinajstić information content (AvgIpc) is 3.26. The number of piperidine rings is 4. The average molecular weight is 674 g/mol. The summed E-state index contributed by atoms with van der Waals surface area (Å²) in [5, 5.41) is 1.88. The number of benzene rings is 1. The predicted octanol–water partition coefficient (Wildman–Crippen LogP) is 0.345. The van der Waals surface area contributed by atoms with Gasteiger partial charge in [0.15, 0.2) is 0 Å². The number of carbonyl (C=O) groups is 4. The van der Waals surface area contributed by atoms with Gasteiger partial charge in [0, 0.05) is 51.2 Å². The molecular weight excluding hydrogens is 629 g/mol.